The van der Waals surface area contributed by atoms with E-state index >= 15 is 0 Å². The summed E-state index contributed by atoms with van der Waals surface area (Å²) in [5.41, 5.74) is 0.921. The number of halogens is 2. The van der Waals surface area contributed by atoms with Crippen LogP contribution in [0.25, 0.3) is 0 Å². The molecular weight excluding hydrogens is 302 g/mol. The number of hydrogen-bond donors (Lipinski definition) is 1. The summed E-state index contributed by atoms with van der Waals surface area (Å²) in [7, 11) is 0. The van der Waals surface area contributed by atoms with Crippen LogP contribution in [0.1, 0.15) is 6.92 Å². The molecule has 0 saturated heterocycles. The minimum absolute atomic E-state index is 0.680. The van der Waals surface area contributed by atoms with Gasteiger partial charge in [-0.05, 0) is 39.9 Å². The van der Waals surface area contributed by atoms with E-state index in [0.29, 0.717) is 5.02 Å². The van der Waals surface area contributed by atoms with Crippen LogP contribution in [-0.2, 0) is 0 Å². The molecule has 0 aromatic heterocycles. The van der Waals surface area contributed by atoms with E-state index in [-0.39, 0.29) is 0 Å². The molecule has 0 spiro atoms. The van der Waals surface area contributed by atoms with Crippen molar-refractivity contribution in [1.29, 1.82) is 0 Å². The molecule has 1 aromatic carbocycles. The zero-order valence-electron chi connectivity index (χ0n) is 7.51. The smallest absolute Gasteiger partial charge is 0.138 e. The van der Waals surface area contributed by atoms with Crippen LogP contribution in [0.4, 0.5) is 5.69 Å². The first-order valence-electron chi connectivity index (χ1n) is 4.02. The van der Waals surface area contributed by atoms with Gasteiger partial charge in [0.2, 0.25) is 0 Å². The van der Waals surface area contributed by atoms with Crippen molar-refractivity contribution >= 4 is 61.5 Å². The molecule has 0 aliphatic carbocycles. The number of nitrogens with one attached hydrogen (secondary N) is 1. The molecule has 1 rings (SSSR count). The van der Waals surface area contributed by atoms with Crippen LogP contribution in [0.2, 0.25) is 5.02 Å². The first-order chi connectivity index (χ1) is 6.63. The van der Waals surface area contributed by atoms with Crippen molar-refractivity contribution < 1.29 is 0 Å². The molecule has 76 valence electrons. The van der Waals surface area contributed by atoms with Crippen LogP contribution in [0.5, 0.6) is 0 Å². The van der Waals surface area contributed by atoms with E-state index in [1.54, 1.807) is 11.8 Å². The van der Waals surface area contributed by atoms with Crippen LogP contribution in [0.15, 0.2) is 22.7 Å². The molecule has 1 N–H and O–H groups in total. The molecule has 0 fully saturated rings. The highest BCUT2D eigenvalue weighted by Crippen LogP contribution is 2.26. The number of anilines is 1. The molecule has 0 radical (unpaired) electrons. The van der Waals surface area contributed by atoms with E-state index in [0.717, 1.165) is 20.2 Å². The highest BCUT2D eigenvalue weighted by molar-refractivity contribution is 9.10. The maximum Gasteiger partial charge on any atom is 0.138 e. The number of rotatable bonds is 2. The van der Waals surface area contributed by atoms with Gasteiger partial charge in [0.15, 0.2) is 0 Å². The summed E-state index contributed by atoms with van der Waals surface area (Å²) in [5.74, 6) is 0.968. The predicted octanol–water partition coefficient (Wildman–Crippen LogP) is 4.55. The fourth-order valence-corrected chi connectivity index (χ4v) is 2.21. The van der Waals surface area contributed by atoms with Crippen molar-refractivity contribution in [3.8, 4) is 0 Å². The van der Waals surface area contributed by atoms with Crippen LogP contribution in [0.3, 0.4) is 0 Å². The van der Waals surface area contributed by atoms with Gasteiger partial charge in [0.25, 0.3) is 0 Å². The second-order valence-corrected chi connectivity index (χ2v) is 5.68. The van der Waals surface area contributed by atoms with Gasteiger partial charge in [-0.1, -0.05) is 42.5 Å². The van der Waals surface area contributed by atoms with Gasteiger partial charge < -0.3 is 5.32 Å². The average Bonchev–Trinajstić information content (AvgIpc) is 2.12. The number of thioether (sulfide) groups is 1. The van der Waals surface area contributed by atoms with Crippen LogP contribution in [-0.4, -0.2) is 10.1 Å². The fraction of sp³-hybridized carbons (Fsp3) is 0.222. The lowest BCUT2D eigenvalue weighted by Gasteiger charge is -2.07. The van der Waals surface area contributed by atoms with Gasteiger partial charge in [0.1, 0.15) is 4.32 Å². The van der Waals surface area contributed by atoms with Gasteiger partial charge in [-0.15, -0.1) is 0 Å². The largest absolute Gasteiger partial charge is 0.341 e. The minimum Gasteiger partial charge on any atom is -0.341 e. The summed E-state index contributed by atoms with van der Waals surface area (Å²) in [4.78, 5) is 0. The van der Waals surface area contributed by atoms with E-state index in [2.05, 4.69) is 28.2 Å². The lowest BCUT2D eigenvalue weighted by Crippen LogP contribution is -2.04. The quantitative estimate of drug-likeness (QED) is 0.805. The van der Waals surface area contributed by atoms with Gasteiger partial charge in [0, 0.05) is 10.2 Å². The Morgan fingerprint density at radius 3 is 2.93 bits per heavy atom. The normalized spacial score (nSPS) is 9.93. The molecule has 0 aliphatic heterocycles. The van der Waals surface area contributed by atoms with E-state index in [9.17, 15) is 0 Å². The highest BCUT2D eigenvalue weighted by Gasteiger charge is 2.00. The topological polar surface area (TPSA) is 12.0 Å². The second kappa shape index (κ2) is 5.95. The second-order valence-electron chi connectivity index (χ2n) is 2.47. The standard InChI is InChI=1S/C9H9BrClNS2/c1-2-14-9(13)12-6-3-4-7(10)8(11)5-6/h3-5H,2H2,1H3,(H,12,13). The maximum absolute atomic E-state index is 5.94. The van der Waals surface area contributed by atoms with E-state index in [1.165, 1.54) is 0 Å². The van der Waals surface area contributed by atoms with Gasteiger partial charge in [0.05, 0.1) is 5.02 Å². The molecule has 0 saturated carbocycles. The summed E-state index contributed by atoms with van der Waals surface area (Å²) in [5, 5.41) is 3.78. The zero-order chi connectivity index (χ0) is 10.6. The molecule has 1 nitrogen and oxygen atoms in total. The molecule has 0 atom stereocenters. The zero-order valence-corrected chi connectivity index (χ0v) is 11.5. The molecule has 14 heavy (non-hydrogen) atoms. The molecule has 1 aromatic rings. The summed E-state index contributed by atoms with van der Waals surface area (Å²) >= 11 is 16.0. The molecular formula is C9H9BrClNS2. The molecule has 0 aliphatic rings. The van der Waals surface area contributed by atoms with Crippen molar-refractivity contribution in [1.82, 2.24) is 0 Å². The first kappa shape index (κ1) is 12.3. The molecule has 0 amide bonds. The lowest BCUT2D eigenvalue weighted by atomic mass is 10.3. The van der Waals surface area contributed by atoms with E-state index in [1.807, 2.05) is 18.2 Å². The Hall–Kier alpha value is 0.230. The van der Waals surface area contributed by atoms with E-state index < -0.39 is 0 Å². The third-order valence-electron chi connectivity index (χ3n) is 1.44. The van der Waals surface area contributed by atoms with E-state index in [4.69, 9.17) is 23.8 Å². The predicted molar refractivity (Wildman–Crippen MR) is 73.5 cm³/mol. The SMILES string of the molecule is CCSC(=S)Nc1ccc(Br)c(Cl)c1. The molecule has 0 bridgehead atoms. The Kier molecular flexibility index (Phi) is 5.23. The Morgan fingerprint density at radius 1 is 1.64 bits per heavy atom. The van der Waals surface area contributed by atoms with Gasteiger partial charge >= 0.3 is 0 Å². The number of thiocarbonyl (C=S) groups is 1. The Balaban J connectivity index is 2.68. The lowest BCUT2D eigenvalue weighted by molar-refractivity contribution is 1.54. The Bertz CT molecular complexity index is 344. The first-order valence-corrected chi connectivity index (χ1v) is 6.58. The summed E-state index contributed by atoms with van der Waals surface area (Å²) < 4.78 is 1.66. The van der Waals surface area contributed by atoms with Crippen molar-refractivity contribution in [2.24, 2.45) is 0 Å². The average molecular weight is 311 g/mol. The van der Waals surface area contributed by atoms with Crippen molar-refractivity contribution in [2.75, 3.05) is 11.1 Å². The van der Waals surface area contributed by atoms with Gasteiger partial charge in [-0.2, -0.15) is 0 Å². The van der Waals surface area contributed by atoms with Crippen LogP contribution < -0.4 is 5.32 Å². The molecule has 5 heteroatoms. The third-order valence-corrected chi connectivity index (χ3v) is 3.78. The number of benzene rings is 1. The van der Waals surface area contributed by atoms with Crippen LogP contribution in [0, 0.1) is 0 Å². The van der Waals surface area contributed by atoms with Gasteiger partial charge in [-0.3, -0.25) is 0 Å². The molecule has 0 heterocycles. The van der Waals surface area contributed by atoms with Crippen LogP contribution >= 0.6 is 51.5 Å². The summed E-state index contributed by atoms with van der Waals surface area (Å²) in [6.45, 7) is 2.06. The Labute approximate surface area is 107 Å². The Morgan fingerprint density at radius 2 is 2.36 bits per heavy atom. The summed E-state index contributed by atoms with van der Waals surface area (Å²) in [6, 6.07) is 5.66. The van der Waals surface area contributed by atoms with Gasteiger partial charge in [-0.25, -0.2) is 0 Å². The monoisotopic (exact) mass is 309 g/mol. The minimum atomic E-state index is 0.680. The number of hydrogen-bond acceptors (Lipinski definition) is 2. The van der Waals surface area contributed by atoms with Crippen molar-refractivity contribution in [3.63, 3.8) is 0 Å². The highest BCUT2D eigenvalue weighted by atomic mass is 79.9. The fourth-order valence-electron chi connectivity index (χ4n) is 0.859. The van der Waals surface area contributed by atoms with Crippen molar-refractivity contribution in [2.45, 2.75) is 6.92 Å². The maximum atomic E-state index is 5.94. The van der Waals surface area contributed by atoms with Crippen molar-refractivity contribution in [3.05, 3.63) is 27.7 Å². The molecule has 0 unspecified atom stereocenters. The summed E-state index contributed by atoms with van der Waals surface area (Å²) in [6.07, 6.45) is 0. The third kappa shape index (κ3) is 3.77.